The van der Waals surface area contributed by atoms with Gasteiger partial charge in [-0.2, -0.15) is 4.98 Å². The Kier molecular flexibility index (Phi) is 4.04. The molecule has 0 saturated carbocycles. The largest absolute Gasteiger partial charge is 0.394 e. The highest BCUT2D eigenvalue weighted by atomic mass is 16.6. The maximum absolute atomic E-state index is 12.9. The van der Waals surface area contributed by atoms with Crippen LogP contribution in [0.2, 0.25) is 0 Å². The first-order chi connectivity index (χ1) is 12.5. The van der Waals surface area contributed by atoms with Crippen LogP contribution in [0.15, 0.2) is 33.9 Å². The number of fused-ring (bicyclic) bond motifs is 2. The predicted octanol–water partition coefficient (Wildman–Crippen LogP) is -1.15. The standard InChI is InChI=1S/C16H16N4O6/c1-25-12-11(22)9(6-21)26-15(12)20-14(23)10-13(19-16(20)24)18-8-5-3-2-4-7(8)17-10/h2-5,9,11-12,15,21-22H,6H2,1H3,(H,18,19,24)/t9-,11-,12-,15-/m1/s1. The van der Waals surface area contributed by atoms with Crippen molar-refractivity contribution in [2.24, 2.45) is 0 Å². The molecule has 10 nitrogen and oxygen atoms in total. The molecule has 3 N–H and O–H groups in total. The summed E-state index contributed by atoms with van der Waals surface area (Å²) in [5.41, 5.74) is -0.461. The average Bonchev–Trinajstić information content (AvgIpc) is 2.95. The van der Waals surface area contributed by atoms with E-state index in [-0.39, 0.29) is 11.5 Å². The zero-order chi connectivity index (χ0) is 18.4. The molecule has 0 spiro atoms. The second kappa shape index (κ2) is 6.25. The van der Waals surface area contributed by atoms with Crippen LogP contribution in [0.4, 0.5) is 0 Å². The van der Waals surface area contributed by atoms with E-state index >= 15 is 0 Å². The number of benzene rings is 1. The number of ether oxygens (including phenoxy) is 2. The van der Waals surface area contributed by atoms with Crippen LogP contribution in [-0.4, -0.2) is 61.8 Å². The van der Waals surface area contributed by atoms with E-state index in [1.54, 1.807) is 24.3 Å². The monoisotopic (exact) mass is 360 g/mol. The number of H-pyrrole nitrogens is 1. The first-order valence-electron chi connectivity index (χ1n) is 7.93. The van der Waals surface area contributed by atoms with Crippen LogP contribution in [-0.2, 0) is 9.47 Å². The van der Waals surface area contributed by atoms with Gasteiger partial charge in [0, 0.05) is 7.11 Å². The topological polar surface area (TPSA) is 140 Å². The minimum Gasteiger partial charge on any atom is -0.394 e. The number of hydrogen-bond donors (Lipinski definition) is 3. The zero-order valence-corrected chi connectivity index (χ0v) is 13.7. The lowest BCUT2D eigenvalue weighted by Gasteiger charge is -2.20. The minimum atomic E-state index is -1.22. The summed E-state index contributed by atoms with van der Waals surface area (Å²) in [7, 11) is 1.31. The molecule has 26 heavy (non-hydrogen) atoms. The lowest BCUT2D eigenvalue weighted by atomic mass is 10.1. The first-order valence-corrected chi connectivity index (χ1v) is 7.93. The fourth-order valence-corrected chi connectivity index (χ4v) is 3.17. The molecular weight excluding hydrogens is 344 g/mol. The summed E-state index contributed by atoms with van der Waals surface area (Å²) in [4.78, 5) is 36.5. The molecule has 1 aromatic rings. The molecule has 0 aliphatic carbocycles. The van der Waals surface area contributed by atoms with Gasteiger partial charge in [0.1, 0.15) is 18.3 Å². The maximum Gasteiger partial charge on any atom is 0.354 e. The Hall–Kier alpha value is -2.66. The van der Waals surface area contributed by atoms with E-state index in [1.165, 1.54) is 7.11 Å². The van der Waals surface area contributed by atoms with Crippen molar-refractivity contribution in [3.05, 3.63) is 45.1 Å². The summed E-state index contributed by atoms with van der Waals surface area (Å²) < 4.78 is 11.4. The van der Waals surface area contributed by atoms with Crippen LogP contribution in [0.3, 0.4) is 0 Å². The lowest BCUT2D eigenvalue weighted by molar-refractivity contribution is -0.0640. The highest BCUT2D eigenvalue weighted by Crippen LogP contribution is 2.30. The molecule has 136 valence electrons. The van der Waals surface area contributed by atoms with Gasteiger partial charge in [-0.15, -0.1) is 0 Å². The Balaban J connectivity index is 1.93. The quantitative estimate of drug-likeness (QED) is 0.498. The molecule has 0 aromatic heterocycles. The number of hydrogen-bond acceptors (Lipinski definition) is 8. The van der Waals surface area contributed by atoms with Gasteiger partial charge in [-0.25, -0.2) is 14.3 Å². The summed E-state index contributed by atoms with van der Waals surface area (Å²) in [6, 6.07) is 7.03. The lowest BCUT2D eigenvalue weighted by Crippen LogP contribution is -2.44. The average molecular weight is 360 g/mol. The molecule has 1 saturated heterocycles. The molecule has 1 aromatic carbocycles. The van der Waals surface area contributed by atoms with Gasteiger partial charge in [-0.1, -0.05) is 12.1 Å². The van der Waals surface area contributed by atoms with Crippen LogP contribution in [0.5, 0.6) is 0 Å². The number of aromatic amines is 1. The van der Waals surface area contributed by atoms with Gasteiger partial charge in [0.25, 0.3) is 5.56 Å². The molecule has 4 atom stereocenters. The van der Waals surface area contributed by atoms with E-state index in [0.29, 0.717) is 11.0 Å². The second-order valence-electron chi connectivity index (χ2n) is 5.96. The Bertz CT molecular complexity index is 1050. The Labute approximate surface area is 146 Å². The molecule has 3 aliphatic heterocycles. The minimum absolute atomic E-state index is 0.0382. The number of methoxy groups -OCH3 is 1. The fourth-order valence-electron chi connectivity index (χ4n) is 3.17. The third-order valence-electron chi connectivity index (χ3n) is 4.47. The smallest absolute Gasteiger partial charge is 0.354 e. The maximum atomic E-state index is 12.9. The second-order valence-corrected chi connectivity index (χ2v) is 5.96. The van der Waals surface area contributed by atoms with Crippen LogP contribution >= 0.6 is 0 Å². The number of rotatable bonds is 3. The van der Waals surface area contributed by atoms with E-state index in [1.807, 2.05) is 0 Å². The number of aromatic nitrogens is 4. The van der Waals surface area contributed by atoms with Gasteiger partial charge >= 0.3 is 5.69 Å². The molecule has 3 aliphatic rings. The van der Waals surface area contributed by atoms with Crippen LogP contribution < -0.4 is 11.2 Å². The van der Waals surface area contributed by atoms with Crippen molar-refractivity contribution in [1.82, 2.24) is 19.5 Å². The summed E-state index contributed by atoms with van der Waals surface area (Å²) in [5, 5.41) is 19.5. The highest BCUT2D eigenvalue weighted by Gasteiger charge is 2.46. The van der Waals surface area contributed by atoms with Gasteiger partial charge in [-0.3, -0.25) is 4.79 Å². The van der Waals surface area contributed by atoms with Crippen molar-refractivity contribution in [3.63, 3.8) is 0 Å². The number of aliphatic hydroxyl groups is 2. The van der Waals surface area contributed by atoms with Crippen LogP contribution in [0.25, 0.3) is 22.6 Å². The summed E-state index contributed by atoms with van der Waals surface area (Å²) in [5.74, 6) is 0.0566. The Morgan fingerprint density at radius 2 is 2.08 bits per heavy atom. The molecule has 4 rings (SSSR count). The van der Waals surface area contributed by atoms with Gasteiger partial charge in [0.2, 0.25) is 0 Å². The van der Waals surface area contributed by atoms with Crippen molar-refractivity contribution in [2.75, 3.05) is 13.7 Å². The zero-order valence-electron chi connectivity index (χ0n) is 13.7. The first kappa shape index (κ1) is 16.8. The highest BCUT2D eigenvalue weighted by molar-refractivity contribution is 5.77. The van der Waals surface area contributed by atoms with E-state index in [9.17, 15) is 19.8 Å². The number of nitrogens with one attached hydrogen (secondary N) is 1. The number of nitrogens with zero attached hydrogens (tertiary/aromatic N) is 3. The van der Waals surface area contributed by atoms with Gasteiger partial charge in [0.05, 0.1) is 17.6 Å². The third-order valence-corrected chi connectivity index (χ3v) is 4.47. The molecule has 10 heteroatoms. The SMILES string of the molecule is CO[C@@H]1[C@H](O)[C@@H](CO)O[C@H]1n1c(=O)nc2[nH]c3ccccc3nc-2c1=O. The summed E-state index contributed by atoms with van der Waals surface area (Å²) >= 11 is 0. The predicted molar refractivity (Wildman–Crippen MR) is 88.8 cm³/mol. The van der Waals surface area contributed by atoms with Crippen molar-refractivity contribution in [2.45, 2.75) is 24.5 Å². The van der Waals surface area contributed by atoms with Crippen LogP contribution in [0, 0.1) is 0 Å². The van der Waals surface area contributed by atoms with Crippen molar-refractivity contribution < 1.29 is 19.7 Å². The summed E-state index contributed by atoms with van der Waals surface area (Å²) in [6.45, 7) is -0.488. The van der Waals surface area contributed by atoms with Crippen molar-refractivity contribution >= 4 is 11.0 Å². The molecule has 0 bridgehead atoms. The van der Waals surface area contributed by atoms with E-state index in [4.69, 9.17) is 9.47 Å². The molecule has 0 amide bonds. The van der Waals surface area contributed by atoms with Crippen molar-refractivity contribution in [3.8, 4) is 11.5 Å². The normalized spacial score (nSPS) is 26.0. The molecule has 0 unspecified atom stereocenters. The summed E-state index contributed by atoms with van der Waals surface area (Å²) in [6.07, 6.45) is -4.42. The van der Waals surface area contributed by atoms with E-state index in [0.717, 1.165) is 4.57 Å². The number of para-hydroxylation sites is 2. The van der Waals surface area contributed by atoms with E-state index in [2.05, 4.69) is 15.0 Å². The number of aliphatic hydroxyl groups excluding tert-OH is 2. The van der Waals surface area contributed by atoms with Crippen LogP contribution in [0.1, 0.15) is 6.23 Å². The van der Waals surface area contributed by atoms with Gasteiger partial charge in [-0.05, 0) is 12.1 Å². The molecular formula is C16H16N4O6. The Morgan fingerprint density at radius 1 is 1.31 bits per heavy atom. The Morgan fingerprint density at radius 3 is 2.81 bits per heavy atom. The third kappa shape index (κ3) is 2.42. The molecule has 1 fully saturated rings. The van der Waals surface area contributed by atoms with E-state index < -0.39 is 42.4 Å². The fraction of sp³-hybridized carbons (Fsp3) is 0.375. The molecule has 3 heterocycles. The molecule has 0 radical (unpaired) electrons. The van der Waals surface area contributed by atoms with Crippen molar-refractivity contribution in [1.29, 1.82) is 0 Å². The van der Waals surface area contributed by atoms with Gasteiger partial charge < -0.3 is 24.7 Å². The van der Waals surface area contributed by atoms with Gasteiger partial charge in [0.15, 0.2) is 17.7 Å².